The van der Waals surface area contributed by atoms with Crippen molar-refractivity contribution in [2.75, 3.05) is 11.9 Å². The van der Waals surface area contributed by atoms with Crippen molar-refractivity contribution in [1.29, 1.82) is 0 Å². The maximum Gasteiger partial charge on any atom is 0.251 e. The number of hydrogen-bond acceptors (Lipinski definition) is 2. The molecule has 2 rings (SSSR count). The minimum absolute atomic E-state index is 0.149. The molecule has 0 radical (unpaired) electrons. The molecule has 2 aromatic rings. The van der Waals surface area contributed by atoms with Crippen LogP contribution < -0.4 is 10.6 Å². The number of aryl methyl sites for hydroxylation is 1. The number of carbonyl (C=O) groups is 2. The Kier molecular flexibility index (Phi) is 6.02. The smallest absolute Gasteiger partial charge is 0.251 e. The first kappa shape index (κ1) is 17.3. The van der Waals surface area contributed by atoms with Gasteiger partial charge in [-0.2, -0.15) is 0 Å². The minimum Gasteiger partial charge on any atom is -0.352 e. The Morgan fingerprint density at radius 1 is 1.09 bits per heavy atom. The average Bonchev–Trinajstić information content (AvgIpc) is 2.50. The van der Waals surface area contributed by atoms with E-state index >= 15 is 0 Å². The lowest BCUT2D eigenvalue weighted by molar-refractivity contribution is -0.116. The molecule has 120 valence electrons. The minimum atomic E-state index is -0.237. The summed E-state index contributed by atoms with van der Waals surface area (Å²) < 4.78 is 0. The Hall–Kier alpha value is -2.04. The second-order valence-electron chi connectivity index (χ2n) is 5.05. The fourth-order valence-electron chi connectivity index (χ4n) is 1.98. The van der Waals surface area contributed by atoms with Gasteiger partial charge in [-0.05, 0) is 37.3 Å². The van der Waals surface area contributed by atoms with Crippen molar-refractivity contribution < 1.29 is 9.59 Å². The lowest BCUT2D eigenvalue weighted by Crippen LogP contribution is -2.27. The van der Waals surface area contributed by atoms with E-state index in [2.05, 4.69) is 10.6 Å². The topological polar surface area (TPSA) is 58.2 Å². The quantitative estimate of drug-likeness (QED) is 0.854. The predicted octanol–water partition coefficient (Wildman–Crippen LogP) is 4.06. The van der Waals surface area contributed by atoms with Crippen LogP contribution in [0.15, 0.2) is 42.5 Å². The number of rotatable bonds is 5. The van der Waals surface area contributed by atoms with E-state index < -0.39 is 0 Å². The molecule has 0 spiro atoms. The van der Waals surface area contributed by atoms with E-state index in [1.54, 1.807) is 30.3 Å². The van der Waals surface area contributed by atoms with Crippen molar-refractivity contribution >= 4 is 40.7 Å². The molecule has 6 heteroatoms. The lowest BCUT2D eigenvalue weighted by Gasteiger charge is -2.08. The van der Waals surface area contributed by atoms with Gasteiger partial charge in [-0.1, -0.05) is 40.9 Å². The summed E-state index contributed by atoms with van der Waals surface area (Å²) in [6, 6.07) is 12.1. The molecule has 23 heavy (non-hydrogen) atoms. The van der Waals surface area contributed by atoms with Crippen LogP contribution in [-0.4, -0.2) is 18.4 Å². The second-order valence-corrected chi connectivity index (χ2v) is 5.89. The van der Waals surface area contributed by atoms with Gasteiger partial charge in [-0.25, -0.2) is 0 Å². The maximum atomic E-state index is 11.9. The number of amides is 2. The standard InChI is InChI=1S/C17H16Cl2N2O2/c1-11-3-2-4-12(9-11)17(23)20-8-7-16(22)21-15-6-5-13(18)10-14(15)19/h2-6,9-10H,7-8H2,1H3,(H,20,23)(H,21,22). The highest BCUT2D eigenvalue weighted by Crippen LogP contribution is 2.25. The molecule has 0 heterocycles. The molecule has 0 saturated heterocycles. The second kappa shape index (κ2) is 7.99. The van der Waals surface area contributed by atoms with Crippen molar-refractivity contribution in [2.24, 2.45) is 0 Å². The molecule has 0 aliphatic heterocycles. The number of benzene rings is 2. The van der Waals surface area contributed by atoms with Crippen molar-refractivity contribution in [1.82, 2.24) is 5.32 Å². The molecule has 4 nitrogen and oxygen atoms in total. The van der Waals surface area contributed by atoms with E-state index in [-0.39, 0.29) is 24.8 Å². The van der Waals surface area contributed by atoms with Gasteiger partial charge in [0.25, 0.3) is 5.91 Å². The van der Waals surface area contributed by atoms with Crippen LogP contribution in [0.2, 0.25) is 10.0 Å². The van der Waals surface area contributed by atoms with Crippen LogP contribution in [0.5, 0.6) is 0 Å². The van der Waals surface area contributed by atoms with Gasteiger partial charge in [0.15, 0.2) is 0 Å². The van der Waals surface area contributed by atoms with Gasteiger partial charge >= 0.3 is 0 Å². The molecule has 0 unspecified atom stereocenters. The van der Waals surface area contributed by atoms with Crippen LogP contribution in [0.3, 0.4) is 0 Å². The Bertz CT molecular complexity index is 732. The van der Waals surface area contributed by atoms with E-state index in [1.807, 2.05) is 19.1 Å². The number of hydrogen-bond donors (Lipinski definition) is 2. The van der Waals surface area contributed by atoms with Crippen molar-refractivity contribution in [3.05, 3.63) is 63.6 Å². The fraction of sp³-hybridized carbons (Fsp3) is 0.176. The van der Waals surface area contributed by atoms with Crippen LogP contribution >= 0.6 is 23.2 Å². The Labute approximate surface area is 144 Å². The molecule has 0 aliphatic rings. The summed E-state index contributed by atoms with van der Waals surface area (Å²) in [5.74, 6) is -0.440. The van der Waals surface area contributed by atoms with E-state index in [4.69, 9.17) is 23.2 Å². The summed E-state index contributed by atoms with van der Waals surface area (Å²) >= 11 is 11.8. The lowest BCUT2D eigenvalue weighted by atomic mass is 10.1. The maximum absolute atomic E-state index is 11.9. The Morgan fingerprint density at radius 3 is 2.57 bits per heavy atom. The Balaban J connectivity index is 1.81. The zero-order valence-corrected chi connectivity index (χ0v) is 14.0. The highest BCUT2D eigenvalue weighted by molar-refractivity contribution is 6.36. The Morgan fingerprint density at radius 2 is 1.87 bits per heavy atom. The summed E-state index contributed by atoms with van der Waals surface area (Å²) in [5.41, 5.74) is 2.07. The molecule has 2 N–H and O–H groups in total. The van der Waals surface area contributed by atoms with Gasteiger partial charge in [-0.15, -0.1) is 0 Å². The molecule has 0 aromatic heterocycles. The SMILES string of the molecule is Cc1cccc(C(=O)NCCC(=O)Nc2ccc(Cl)cc2Cl)c1. The summed E-state index contributed by atoms with van der Waals surface area (Å²) in [4.78, 5) is 23.8. The first-order valence-corrected chi connectivity index (χ1v) is 7.81. The van der Waals surface area contributed by atoms with Gasteiger partial charge in [0.05, 0.1) is 10.7 Å². The molecule has 0 atom stereocenters. The van der Waals surface area contributed by atoms with Gasteiger partial charge in [0, 0.05) is 23.6 Å². The van der Waals surface area contributed by atoms with Gasteiger partial charge in [-0.3, -0.25) is 9.59 Å². The van der Waals surface area contributed by atoms with E-state index in [1.165, 1.54) is 0 Å². The molecule has 0 aliphatic carbocycles. The molecule has 0 bridgehead atoms. The van der Waals surface area contributed by atoms with Crippen LogP contribution in [-0.2, 0) is 4.79 Å². The van der Waals surface area contributed by atoms with Gasteiger partial charge in [0.1, 0.15) is 0 Å². The highest BCUT2D eigenvalue weighted by Gasteiger charge is 2.08. The normalized spacial score (nSPS) is 10.2. The zero-order valence-electron chi connectivity index (χ0n) is 12.5. The van der Waals surface area contributed by atoms with Crippen molar-refractivity contribution in [3.63, 3.8) is 0 Å². The third kappa shape index (κ3) is 5.27. The average molecular weight is 351 g/mol. The van der Waals surface area contributed by atoms with E-state index in [9.17, 15) is 9.59 Å². The number of carbonyl (C=O) groups excluding carboxylic acids is 2. The van der Waals surface area contributed by atoms with Crippen molar-refractivity contribution in [2.45, 2.75) is 13.3 Å². The molecular formula is C17H16Cl2N2O2. The molecule has 2 amide bonds. The number of halogens is 2. The van der Waals surface area contributed by atoms with Crippen LogP contribution in [0.1, 0.15) is 22.3 Å². The first-order valence-electron chi connectivity index (χ1n) is 7.05. The summed E-state index contributed by atoms with van der Waals surface area (Å²) in [7, 11) is 0. The van der Waals surface area contributed by atoms with E-state index in [0.29, 0.717) is 21.3 Å². The van der Waals surface area contributed by atoms with Crippen LogP contribution in [0.25, 0.3) is 0 Å². The first-order chi connectivity index (χ1) is 11.0. The van der Waals surface area contributed by atoms with Crippen molar-refractivity contribution in [3.8, 4) is 0 Å². The molecule has 2 aromatic carbocycles. The molecule has 0 saturated carbocycles. The highest BCUT2D eigenvalue weighted by atomic mass is 35.5. The third-order valence-electron chi connectivity index (χ3n) is 3.12. The monoisotopic (exact) mass is 350 g/mol. The van der Waals surface area contributed by atoms with Gasteiger partial charge < -0.3 is 10.6 Å². The number of anilines is 1. The van der Waals surface area contributed by atoms with E-state index in [0.717, 1.165) is 5.56 Å². The fourth-order valence-corrected chi connectivity index (χ4v) is 2.44. The summed E-state index contributed by atoms with van der Waals surface area (Å²) in [5, 5.41) is 6.26. The number of nitrogens with one attached hydrogen (secondary N) is 2. The zero-order chi connectivity index (χ0) is 16.8. The third-order valence-corrected chi connectivity index (χ3v) is 3.67. The van der Waals surface area contributed by atoms with Crippen LogP contribution in [0.4, 0.5) is 5.69 Å². The predicted molar refractivity (Wildman–Crippen MR) is 93.2 cm³/mol. The summed E-state index contributed by atoms with van der Waals surface area (Å²) in [6.07, 6.45) is 0.149. The molecular weight excluding hydrogens is 335 g/mol. The van der Waals surface area contributed by atoms with Gasteiger partial charge in [0.2, 0.25) is 5.91 Å². The molecule has 0 fully saturated rings. The summed E-state index contributed by atoms with van der Waals surface area (Å²) in [6.45, 7) is 2.16. The largest absolute Gasteiger partial charge is 0.352 e. The van der Waals surface area contributed by atoms with Crippen LogP contribution in [0, 0.1) is 6.92 Å².